The number of hydrogen-bond acceptors (Lipinski definition) is 2. The van der Waals surface area contributed by atoms with Crippen molar-refractivity contribution in [3.05, 3.63) is 72.3 Å². The number of aryl methyl sites for hydroxylation is 1. The lowest BCUT2D eigenvalue weighted by molar-refractivity contribution is 0.633. The van der Waals surface area contributed by atoms with Gasteiger partial charge in [-0.05, 0) is 53.6 Å². The molecule has 0 spiro atoms. The zero-order valence-electron chi connectivity index (χ0n) is 13.7. The second kappa shape index (κ2) is 4.42. The molecule has 2 heterocycles. The molecule has 0 saturated heterocycles. The van der Waals surface area contributed by atoms with Crippen LogP contribution in [-0.4, -0.2) is 0 Å². The molecule has 0 saturated carbocycles. The third-order valence-electron chi connectivity index (χ3n) is 5.10. The van der Waals surface area contributed by atoms with E-state index < -0.39 is 0 Å². The number of rotatable bonds is 0. The summed E-state index contributed by atoms with van der Waals surface area (Å²) in [5.74, 6) is 0. The first-order chi connectivity index (χ1) is 12.3. The predicted molar refractivity (Wildman–Crippen MR) is 103 cm³/mol. The van der Waals surface area contributed by atoms with E-state index in [1.807, 2.05) is 0 Å². The molecule has 0 fully saturated rings. The van der Waals surface area contributed by atoms with Crippen LogP contribution in [0, 0.1) is 6.92 Å². The Morgan fingerprint density at radius 2 is 1.16 bits per heavy atom. The van der Waals surface area contributed by atoms with Crippen molar-refractivity contribution in [1.82, 2.24) is 0 Å². The molecule has 6 aromatic rings. The Morgan fingerprint density at radius 3 is 1.92 bits per heavy atom. The zero-order chi connectivity index (χ0) is 16.5. The molecule has 0 atom stereocenters. The van der Waals surface area contributed by atoms with Crippen molar-refractivity contribution in [2.24, 2.45) is 0 Å². The quantitative estimate of drug-likeness (QED) is 0.302. The van der Waals surface area contributed by atoms with E-state index in [9.17, 15) is 0 Å². The smallest absolute Gasteiger partial charge is 0.178 e. The zero-order valence-corrected chi connectivity index (χ0v) is 13.7. The van der Waals surface area contributed by atoms with Crippen molar-refractivity contribution >= 4 is 54.6 Å². The van der Waals surface area contributed by atoms with Crippen molar-refractivity contribution in [3.8, 4) is 0 Å². The minimum atomic E-state index is 0.830. The number of benzene rings is 4. The van der Waals surface area contributed by atoms with Crippen LogP contribution < -0.4 is 0 Å². The van der Waals surface area contributed by atoms with Crippen LogP contribution in [0.25, 0.3) is 54.6 Å². The molecule has 0 aliphatic carbocycles. The van der Waals surface area contributed by atoms with E-state index >= 15 is 0 Å². The second-order valence-corrected chi connectivity index (χ2v) is 6.72. The van der Waals surface area contributed by atoms with Crippen LogP contribution >= 0.6 is 0 Å². The largest absolute Gasteiger partial charge is 0.452 e. The Kier molecular flexibility index (Phi) is 2.31. The van der Waals surface area contributed by atoms with Crippen LogP contribution in [0.1, 0.15) is 5.56 Å². The van der Waals surface area contributed by atoms with E-state index in [-0.39, 0.29) is 0 Å². The summed E-state index contributed by atoms with van der Waals surface area (Å²) in [7, 11) is 0. The molecule has 0 N–H and O–H groups in total. The van der Waals surface area contributed by atoms with Gasteiger partial charge in [0.1, 0.15) is 11.2 Å². The highest BCUT2D eigenvalue weighted by atomic mass is 16.4. The van der Waals surface area contributed by atoms with Crippen molar-refractivity contribution in [3.63, 3.8) is 0 Å². The van der Waals surface area contributed by atoms with Crippen LogP contribution in [0.2, 0.25) is 0 Å². The van der Waals surface area contributed by atoms with Crippen molar-refractivity contribution < 1.29 is 8.83 Å². The maximum atomic E-state index is 6.24. The molecule has 0 radical (unpaired) electrons. The van der Waals surface area contributed by atoms with Gasteiger partial charge in [0.25, 0.3) is 0 Å². The number of fused-ring (bicyclic) bond motifs is 8. The first-order valence-electron chi connectivity index (χ1n) is 8.45. The van der Waals surface area contributed by atoms with Gasteiger partial charge in [-0.3, -0.25) is 0 Å². The van der Waals surface area contributed by atoms with Gasteiger partial charge in [-0.15, -0.1) is 0 Å². The summed E-state index contributed by atoms with van der Waals surface area (Å²) in [6, 6.07) is 23.3. The van der Waals surface area contributed by atoms with Crippen LogP contribution in [-0.2, 0) is 0 Å². The van der Waals surface area contributed by atoms with Crippen LogP contribution in [0.3, 0.4) is 0 Å². The molecule has 2 aromatic heterocycles. The molecule has 2 nitrogen and oxygen atoms in total. The summed E-state index contributed by atoms with van der Waals surface area (Å²) in [4.78, 5) is 0. The molecule has 2 heteroatoms. The molecule has 6 rings (SSSR count). The first kappa shape index (κ1) is 13.1. The van der Waals surface area contributed by atoms with E-state index in [0.29, 0.717) is 0 Å². The van der Waals surface area contributed by atoms with E-state index in [1.54, 1.807) is 0 Å². The Morgan fingerprint density at radius 1 is 0.560 bits per heavy atom. The fourth-order valence-corrected chi connectivity index (χ4v) is 3.86. The Labute approximate surface area is 143 Å². The highest BCUT2D eigenvalue weighted by molar-refractivity contribution is 6.20. The normalized spacial score (nSPS) is 12.2. The predicted octanol–water partition coefficient (Wildman–Crippen LogP) is 6.95. The molecule has 0 amide bonds. The third-order valence-corrected chi connectivity index (χ3v) is 5.10. The summed E-state index contributed by atoms with van der Waals surface area (Å²) in [6.45, 7) is 2.08. The van der Waals surface area contributed by atoms with E-state index in [2.05, 4.69) is 73.7 Å². The molecule has 0 aliphatic heterocycles. The Hall–Kier alpha value is -3.26. The number of furan rings is 2. The molecular formula is C23H14O2. The fraction of sp³-hybridized carbons (Fsp3) is 0.0435. The number of hydrogen-bond donors (Lipinski definition) is 0. The van der Waals surface area contributed by atoms with Crippen molar-refractivity contribution in [2.75, 3.05) is 0 Å². The Bertz CT molecular complexity index is 1450. The van der Waals surface area contributed by atoms with E-state index in [1.165, 1.54) is 16.3 Å². The third kappa shape index (κ3) is 1.69. The van der Waals surface area contributed by atoms with Gasteiger partial charge in [-0.2, -0.15) is 0 Å². The highest BCUT2D eigenvalue weighted by Crippen LogP contribution is 2.39. The monoisotopic (exact) mass is 322 g/mol. The SMILES string of the molecule is Cc1ccc2c(c1)oc1c2ccc2c3cc4ccccc4cc3oc21. The van der Waals surface area contributed by atoms with E-state index in [0.717, 1.165) is 43.9 Å². The van der Waals surface area contributed by atoms with E-state index in [4.69, 9.17) is 8.83 Å². The van der Waals surface area contributed by atoms with Gasteiger partial charge in [0.2, 0.25) is 0 Å². The van der Waals surface area contributed by atoms with Gasteiger partial charge < -0.3 is 8.83 Å². The van der Waals surface area contributed by atoms with Crippen molar-refractivity contribution in [1.29, 1.82) is 0 Å². The van der Waals surface area contributed by atoms with Crippen LogP contribution in [0.15, 0.2) is 75.6 Å². The molecular weight excluding hydrogens is 308 g/mol. The summed E-state index contributed by atoms with van der Waals surface area (Å²) in [6.07, 6.45) is 0. The molecule has 118 valence electrons. The lowest BCUT2D eigenvalue weighted by Gasteiger charge is -1.96. The van der Waals surface area contributed by atoms with Gasteiger partial charge >= 0.3 is 0 Å². The maximum absolute atomic E-state index is 6.24. The summed E-state index contributed by atoms with van der Waals surface area (Å²) in [5, 5.41) is 6.87. The molecule has 25 heavy (non-hydrogen) atoms. The average Bonchev–Trinajstić information content (AvgIpc) is 3.16. The van der Waals surface area contributed by atoms with Crippen LogP contribution in [0.5, 0.6) is 0 Å². The van der Waals surface area contributed by atoms with Gasteiger partial charge in [0.15, 0.2) is 11.2 Å². The van der Waals surface area contributed by atoms with Gasteiger partial charge in [-0.25, -0.2) is 0 Å². The molecule has 0 bridgehead atoms. The second-order valence-electron chi connectivity index (χ2n) is 6.72. The lowest BCUT2D eigenvalue weighted by Crippen LogP contribution is -1.72. The molecule has 4 aromatic carbocycles. The lowest BCUT2D eigenvalue weighted by atomic mass is 10.0. The van der Waals surface area contributed by atoms with Crippen molar-refractivity contribution in [2.45, 2.75) is 6.92 Å². The Balaban J connectivity index is 1.82. The summed E-state index contributed by atoms with van der Waals surface area (Å²) in [5.41, 5.74) is 4.67. The fourth-order valence-electron chi connectivity index (χ4n) is 3.86. The average molecular weight is 322 g/mol. The molecule has 0 aliphatic rings. The van der Waals surface area contributed by atoms with Gasteiger partial charge in [-0.1, -0.05) is 36.4 Å². The summed E-state index contributed by atoms with van der Waals surface area (Å²) >= 11 is 0. The van der Waals surface area contributed by atoms with Gasteiger partial charge in [0.05, 0.1) is 0 Å². The highest BCUT2D eigenvalue weighted by Gasteiger charge is 2.16. The topological polar surface area (TPSA) is 26.3 Å². The van der Waals surface area contributed by atoms with Crippen LogP contribution in [0.4, 0.5) is 0 Å². The maximum Gasteiger partial charge on any atom is 0.178 e. The first-order valence-corrected chi connectivity index (χ1v) is 8.45. The summed E-state index contributed by atoms with van der Waals surface area (Å²) < 4.78 is 12.4. The standard InChI is InChI=1S/C23H14O2/c1-13-6-7-16-17-8-9-18-19-11-14-4-2-3-5-15(14)12-21(19)25-23(18)22(17)24-20(16)10-13/h2-12H,1H3. The minimum absolute atomic E-state index is 0.830. The minimum Gasteiger partial charge on any atom is -0.452 e. The molecule has 0 unspecified atom stereocenters. The van der Waals surface area contributed by atoms with Gasteiger partial charge in [0, 0.05) is 21.5 Å².